The van der Waals surface area contributed by atoms with Crippen molar-refractivity contribution in [3.05, 3.63) is 134 Å². The molecule has 2 nitrogen and oxygen atoms in total. The fourth-order valence-electron chi connectivity index (χ4n) is 4.41. The highest BCUT2D eigenvalue weighted by atomic mass is 14.7. The second-order valence-electron chi connectivity index (χ2n) is 8.31. The highest BCUT2D eigenvalue weighted by Crippen LogP contribution is 2.33. The molecule has 6 rings (SSSR count). The summed E-state index contributed by atoms with van der Waals surface area (Å²) in [6, 6.07) is 44.3. The summed E-state index contributed by atoms with van der Waals surface area (Å²) in [5.74, 6) is 0. The monoisotopic (exact) mass is 434 g/mol. The molecule has 0 aliphatic carbocycles. The van der Waals surface area contributed by atoms with Gasteiger partial charge in [0.2, 0.25) is 0 Å². The second-order valence-corrected chi connectivity index (χ2v) is 8.31. The van der Waals surface area contributed by atoms with Gasteiger partial charge in [-0.15, -0.1) is 0 Å². The van der Waals surface area contributed by atoms with Crippen molar-refractivity contribution in [1.82, 2.24) is 9.97 Å². The average Bonchev–Trinajstić information content (AvgIpc) is 2.93. The molecule has 2 heteroatoms. The minimum absolute atomic E-state index is 0.973. The van der Waals surface area contributed by atoms with Gasteiger partial charge in [-0.3, -0.25) is 4.98 Å². The Balaban J connectivity index is 1.45. The SMILES string of the molecule is c1ccc(-c2cc(-c3ccc(-c4cccc5ncccc45)cc3)cc(-c3ccccc3)n2)cc1. The van der Waals surface area contributed by atoms with Gasteiger partial charge in [0.05, 0.1) is 16.9 Å². The third kappa shape index (κ3) is 3.87. The molecule has 0 N–H and O–H groups in total. The summed E-state index contributed by atoms with van der Waals surface area (Å²) in [7, 11) is 0. The Hall–Kier alpha value is -4.56. The lowest BCUT2D eigenvalue weighted by molar-refractivity contribution is 1.32. The van der Waals surface area contributed by atoms with E-state index in [1.807, 2.05) is 24.4 Å². The molecule has 0 aliphatic rings. The quantitative estimate of drug-likeness (QED) is 0.279. The van der Waals surface area contributed by atoms with Crippen molar-refractivity contribution in [1.29, 1.82) is 0 Å². The van der Waals surface area contributed by atoms with Gasteiger partial charge in [-0.25, -0.2) is 4.98 Å². The molecule has 4 aromatic carbocycles. The van der Waals surface area contributed by atoms with Crippen LogP contribution in [0.3, 0.4) is 0 Å². The van der Waals surface area contributed by atoms with E-state index in [0.29, 0.717) is 0 Å². The van der Waals surface area contributed by atoms with Crippen molar-refractivity contribution >= 4 is 10.9 Å². The molecule has 0 saturated heterocycles. The van der Waals surface area contributed by atoms with E-state index in [1.165, 1.54) is 22.1 Å². The van der Waals surface area contributed by atoms with Crippen LogP contribution in [0.2, 0.25) is 0 Å². The summed E-state index contributed by atoms with van der Waals surface area (Å²) in [5, 5.41) is 1.17. The van der Waals surface area contributed by atoms with Crippen molar-refractivity contribution in [2.45, 2.75) is 0 Å². The third-order valence-corrected chi connectivity index (χ3v) is 6.14. The van der Waals surface area contributed by atoms with Gasteiger partial charge < -0.3 is 0 Å². The molecule has 2 aromatic heterocycles. The molecule has 0 fully saturated rings. The molecule has 34 heavy (non-hydrogen) atoms. The van der Waals surface area contributed by atoms with Crippen LogP contribution in [-0.2, 0) is 0 Å². The first kappa shape index (κ1) is 20.1. The lowest BCUT2D eigenvalue weighted by Gasteiger charge is -2.11. The minimum Gasteiger partial charge on any atom is -0.256 e. The first-order valence-electron chi connectivity index (χ1n) is 11.4. The number of benzene rings is 4. The fraction of sp³-hybridized carbons (Fsp3) is 0. The molecule has 0 radical (unpaired) electrons. The fourth-order valence-corrected chi connectivity index (χ4v) is 4.41. The van der Waals surface area contributed by atoms with Gasteiger partial charge in [-0.2, -0.15) is 0 Å². The predicted molar refractivity (Wildman–Crippen MR) is 141 cm³/mol. The molecular formula is C32H22N2. The van der Waals surface area contributed by atoms with Crippen molar-refractivity contribution in [2.24, 2.45) is 0 Å². The van der Waals surface area contributed by atoms with Gasteiger partial charge in [0.1, 0.15) is 0 Å². The first-order valence-corrected chi connectivity index (χ1v) is 11.4. The third-order valence-electron chi connectivity index (χ3n) is 6.14. The average molecular weight is 435 g/mol. The van der Waals surface area contributed by atoms with Crippen LogP contribution in [0.15, 0.2) is 134 Å². The predicted octanol–water partition coefficient (Wildman–Crippen LogP) is 8.30. The zero-order valence-electron chi connectivity index (χ0n) is 18.6. The van der Waals surface area contributed by atoms with E-state index in [4.69, 9.17) is 4.98 Å². The molecule has 0 aliphatic heterocycles. The summed E-state index contributed by atoms with van der Waals surface area (Å²) in [6.07, 6.45) is 1.84. The highest BCUT2D eigenvalue weighted by molar-refractivity contribution is 5.94. The van der Waals surface area contributed by atoms with Crippen LogP contribution < -0.4 is 0 Å². The zero-order chi connectivity index (χ0) is 22.7. The molecule has 0 atom stereocenters. The van der Waals surface area contributed by atoms with Crippen molar-refractivity contribution in [3.8, 4) is 44.8 Å². The Bertz CT molecular complexity index is 1510. The molecule has 160 valence electrons. The van der Waals surface area contributed by atoms with Crippen molar-refractivity contribution in [3.63, 3.8) is 0 Å². The normalized spacial score (nSPS) is 10.9. The van der Waals surface area contributed by atoms with E-state index < -0.39 is 0 Å². The van der Waals surface area contributed by atoms with Crippen molar-refractivity contribution in [2.75, 3.05) is 0 Å². The number of fused-ring (bicyclic) bond motifs is 1. The van der Waals surface area contributed by atoms with Crippen molar-refractivity contribution < 1.29 is 0 Å². The molecule has 0 amide bonds. The number of hydrogen-bond donors (Lipinski definition) is 0. The van der Waals surface area contributed by atoms with Crippen LogP contribution in [0.4, 0.5) is 0 Å². The number of rotatable bonds is 4. The van der Waals surface area contributed by atoms with Gasteiger partial charge in [-0.1, -0.05) is 103 Å². The molecule has 0 bridgehead atoms. The van der Waals surface area contributed by atoms with Crippen LogP contribution in [-0.4, -0.2) is 9.97 Å². The molecule has 6 aromatic rings. The van der Waals surface area contributed by atoms with Crippen LogP contribution in [0.25, 0.3) is 55.7 Å². The summed E-state index contributed by atoms with van der Waals surface area (Å²) in [5.41, 5.74) is 9.88. The van der Waals surface area contributed by atoms with Crippen LogP contribution in [0, 0.1) is 0 Å². The van der Waals surface area contributed by atoms with Gasteiger partial charge in [0.15, 0.2) is 0 Å². The Morgan fingerprint density at radius 3 is 1.68 bits per heavy atom. The Labute approximate surface area is 199 Å². The second kappa shape index (κ2) is 8.76. The van der Waals surface area contributed by atoms with Gasteiger partial charge in [0, 0.05) is 22.7 Å². The largest absolute Gasteiger partial charge is 0.256 e. The first-order chi connectivity index (χ1) is 16.8. The number of aromatic nitrogens is 2. The molecule has 0 saturated carbocycles. The maximum atomic E-state index is 4.99. The summed E-state index contributed by atoms with van der Waals surface area (Å²) in [6.45, 7) is 0. The van der Waals surface area contributed by atoms with E-state index in [9.17, 15) is 0 Å². The number of pyridine rings is 2. The minimum atomic E-state index is 0.973. The number of hydrogen-bond acceptors (Lipinski definition) is 2. The Kier molecular flexibility index (Phi) is 5.17. The molecule has 0 unspecified atom stereocenters. The van der Waals surface area contributed by atoms with Gasteiger partial charge >= 0.3 is 0 Å². The maximum Gasteiger partial charge on any atom is 0.0715 e. The lowest BCUT2D eigenvalue weighted by atomic mass is 9.96. The Morgan fingerprint density at radius 1 is 0.412 bits per heavy atom. The van der Waals surface area contributed by atoms with Gasteiger partial charge in [0.25, 0.3) is 0 Å². The summed E-state index contributed by atoms with van der Waals surface area (Å²) >= 11 is 0. The van der Waals surface area contributed by atoms with E-state index in [-0.39, 0.29) is 0 Å². The van der Waals surface area contributed by atoms with Crippen LogP contribution >= 0.6 is 0 Å². The van der Waals surface area contributed by atoms with E-state index in [2.05, 4.69) is 114 Å². The Morgan fingerprint density at radius 2 is 1.03 bits per heavy atom. The maximum absolute atomic E-state index is 4.99. The lowest BCUT2D eigenvalue weighted by Crippen LogP contribution is -1.91. The smallest absolute Gasteiger partial charge is 0.0715 e. The molecule has 2 heterocycles. The summed E-state index contributed by atoms with van der Waals surface area (Å²) in [4.78, 5) is 9.49. The highest BCUT2D eigenvalue weighted by Gasteiger charge is 2.10. The van der Waals surface area contributed by atoms with Gasteiger partial charge in [-0.05, 0) is 46.5 Å². The topological polar surface area (TPSA) is 25.8 Å². The van der Waals surface area contributed by atoms with E-state index >= 15 is 0 Å². The summed E-state index contributed by atoms with van der Waals surface area (Å²) < 4.78 is 0. The number of nitrogens with zero attached hydrogens (tertiary/aromatic N) is 2. The van der Waals surface area contributed by atoms with E-state index in [1.54, 1.807) is 0 Å². The standard InChI is InChI=1S/C32H22N2/c1-3-9-25(10-4-1)31-21-27(22-32(34-31)26-11-5-2-6-12-26)23-16-18-24(19-17-23)28-13-7-15-30-29(28)14-8-20-33-30/h1-22H. The van der Waals surface area contributed by atoms with E-state index in [0.717, 1.165) is 33.6 Å². The zero-order valence-corrected chi connectivity index (χ0v) is 18.6. The molecular weight excluding hydrogens is 412 g/mol. The molecule has 0 spiro atoms. The van der Waals surface area contributed by atoms with Crippen LogP contribution in [0.1, 0.15) is 0 Å². The van der Waals surface area contributed by atoms with Crippen LogP contribution in [0.5, 0.6) is 0 Å².